The van der Waals surface area contributed by atoms with E-state index in [0.29, 0.717) is 17.9 Å². The molecule has 1 atom stereocenters. The first-order chi connectivity index (χ1) is 11.0. The van der Waals surface area contributed by atoms with Crippen LogP contribution in [0.3, 0.4) is 0 Å². The summed E-state index contributed by atoms with van der Waals surface area (Å²) in [6.07, 6.45) is 4.25. The molecule has 0 spiro atoms. The molecule has 1 fully saturated rings. The van der Waals surface area contributed by atoms with Crippen molar-refractivity contribution in [1.29, 1.82) is 0 Å². The van der Waals surface area contributed by atoms with Crippen LogP contribution in [-0.4, -0.2) is 41.8 Å². The molecule has 0 aromatic heterocycles. The van der Waals surface area contributed by atoms with E-state index in [1.165, 1.54) is 6.07 Å². The van der Waals surface area contributed by atoms with Crippen LogP contribution in [0.25, 0.3) is 0 Å². The summed E-state index contributed by atoms with van der Waals surface area (Å²) >= 11 is 0. The zero-order valence-electron chi connectivity index (χ0n) is 14.0. The van der Waals surface area contributed by atoms with Crippen molar-refractivity contribution in [3.63, 3.8) is 0 Å². The number of carbonyl (C=O) groups is 1. The molecule has 1 unspecified atom stereocenters. The normalized spacial score (nSPS) is 22.4. The SMILES string of the molecule is CC(Cc1ccccc1F)NC(=O)N(C)C1CCC(CO)CC1. The Morgan fingerprint density at radius 2 is 2.00 bits per heavy atom. The molecule has 128 valence electrons. The smallest absolute Gasteiger partial charge is 0.317 e. The molecule has 1 aliphatic carbocycles. The molecule has 23 heavy (non-hydrogen) atoms. The maximum atomic E-state index is 13.7. The van der Waals surface area contributed by atoms with Crippen LogP contribution in [0.4, 0.5) is 9.18 Å². The van der Waals surface area contributed by atoms with E-state index in [2.05, 4.69) is 5.32 Å². The van der Waals surface area contributed by atoms with Crippen LogP contribution in [0, 0.1) is 11.7 Å². The maximum absolute atomic E-state index is 13.7. The van der Waals surface area contributed by atoms with E-state index in [9.17, 15) is 14.3 Å². The minimum Gasteiger partial charge on any atom is -0.396 e. The molecule has 5 heteroatoms. The van der Waals surface area contributed by atoms with Gasteiger partial charge in [0, 0.05) is 25.7 Å². The Kier molecular flexibility index (Phi) is 6.39. The van der Waals surface area contributed by atoms with Crippen molar-refractivity contribution in [3.8, 4) is 0 Å². The fraction of sp³-hybridized carbons (Fsp3) is 0.611. The molecule has 2 rings (SSSR count). The highest BCUT2D eigenvalue weighted by molar-refractivity contribution is 5.74. The van der Waals surface area contributed by atoms with Crippen LogP contribution in [0.1, 0.15) is 38.2 Å². The number of hydrogen-bond donors (Lipinski definition) is 2. The van der Waals surface area contributed by atoms with Gasteiger partial charge in [-0.25, -0.2) is 9.18 Å². The Morgan fingerprint density at radius 3 is 2.61 bits per heavy atom. The van der Waals surface area contributed by atoms with Gasteiger partial charge < -0.3 is 15.3 Å². The van der Waals surface area contributed by atoms with Crippen LogP contribution >= 0.6 is 0 Å². The number of aliphatic hydroxyl groups is 1. The van der Waals surface area contributed by atoms with Gasteiger partial charge in [0.05, 0.1) is 0 Å². The Morgan fingerprint density at radius 1 is 1.35 bits per heavy atom. The predicted octanol–water partition coefficient (Wildman–Crippen LogP) is 2.95. The first kappa shape index (κ1) is 17.7. The number of rotatable bonds is 5. The Labute approximate surface area is 137 Å². The molecular formula is C18H27FN2O2. The van der Waals surface area contributed by atoms with Gasteiger partial charge in [-0.2, -0.15) is 0 Å². The number of benzene rings is 1. The number of aliphatic hydroxyl groups excluding tert-OH is 1. The highest BCUT2D eigenvalue weighted by Gasteiger charge is 2.26. The molecule has 0 saturated heterocycles. The molecule has 0 aliphatic heterocycles. The van der Waals surface area contributed by atoms with E-state index >= 15 is 0 Å². The predicted molar refractivity (Wildman–Crippen MR) is 88.7 cm³/mol. The molecule has 1 aromatic carbocycles. The first-order valence-electron chi connectivity index (χ1n) is 8.38. The summed E-state index contributed by atoms with van der Waals surface area (Å²) in [6, 6.07) is 6.64. The molecule has 0 heterocycles. The van der Waals surface area contributed by atoms with Gasteiger partial charge >= 0.3 is 6.03 Å². The summed E-state index contributed by atoms with van der Waals surface area (Å²) in [6.45, 7) is 2.13. The Bertz CT molecular complexity index is 515. The van der Waals surface area contributed by atoms with E-state index in [-0.39, 0.29) is 30.5 Å². The third-order valence-corrected chi connectivity index (χ3v) is 4.80. The van der Waals surface area contributed by atoms with Crippen LogP contribution < -0.4 is 5.32 Å². The summed E-state index contributed by atoms with van der Waals surface area (Å²) in [5, 5.41) is 12.1. The van der Waals surface area contributed by atoms with Gasteiger partial charge in [-0.15, -0.1) is 0 Å². The molecule has 4 nitrogen and oxygen atoms in total. The van der Waals surface area contributed by atoms with Gasteiger partial charge in [-0.1, -0.05) is 18.2 Å². The third-order valence-electron chi connectivity index (χ3n) is 4.80. The molecular weight excluding hydrogens is 295 g/mol. The molecule has 1 saturated carbocycles. The van der Waals surface area contributed by atoms with Crippen LogP contribution in [0.2, 0.25) is 0 Å². The topological polar surface area (TPSA) is 52.6 Å². The van der Waals surface area contributed by atoms with Crippen molar-refractivity contribution in [3.05, 3.63) is 35.6 Å². The molecule has 1 aliphatic rings. The van der Waals surface area contributed by atoms with Crippen molar-refractivity contribution in [2.45, 2.75) is 51.1 Å². The lowest BCUT2D eigenvalue weighted by Gasteiger charge is -2.34. The number of amides is 2. The second-order valence-corrected chi connectivity index (χ2v) is 6.61. The fourth-order valence-electron chi connectivity index (χ4n) is 3.24. The lowest BCUT2D eigenvalue weighted by atomic mass is 9.86. The average molecular weight is 322 g/mol. The quantitative estimate of drug-likeness (QED) is 0.876. The summed E-state index contributed by atoms with van der Waals surface area (Å²) in [5.41, 5.74) is 0.617. The third kappa shape index (κ3) is 4.93. The van der Waals surface area contributed by atoms with Gasteiger partial charge in [-0.05, 0) is 56.6 Å². The maximum Gasteiger partial charge on any atom is 0.317 e. The second kappa shape index (κ2) is 8.29. The summed E-state index contributed by atoms with van der Waals surface area (Å²) < 4.78 is 13.7. The van der Waals surface area contributed by atoms with Gasteiger partial charge in [0.15, 0.2) is 0 Å². The standard InChI is InChI=1S/C18H27FN2O2/c1-13(11-15-5-3-4-6-17(15)19)20-18(23)21(2)16-9-7-14(12-22)8-10-16/h3-6,13-14,16,22H,7-12H2,1-2H3,(H,20,23). The summed E-state index contributed by atoms with van der Waals surface area (Å²) in [7, 11) is 1.81. The molecule has 2 N–H and O–H groups in total. The van der Waals surface area contributed by atoms with Crippen LogP contribution in [0.5, 0.6) is 0 Å². The van der Waals surface area contributed by atoms with Crippen LogP contribution in [0.15, 0.2) is 24.3 Å². The first-order valence-corrected chi connectivity index (χ1v) is 8.38. The number of nitrogens with zero attached hydrogens (tertiary/aromatic N) is 1. The minimum atomic E-state index is -0.232. The van der Waals surface area contributed by atoms with E-state index in [4.69, 9.17) is 0 Å². The monoisotopic (exact) mass is 322 g/mol. The average Bonchev–Trinajstić information content (AvgIpc) is 2.56. The van der Waals surface area contributed by atoms with E-state index < -0.39 is 0 Å². The minimum absolute atomic E-state index is 0.110. The number of carbonyl (C=O) groups excluding carboxylic acids is 1. The van der Waals surface area contributed by atoms with Gasteiger partial charge in [0.25, 0.3) is 0 Å². The molecule has 0 bridgehead atoms. The van der Waals surface area contributed by atoms with Gasteiger partial charge in [0.2, 0.25) is 0 Å². The zero-order chi connectivity index (χ0) is 16.8. The van der Waals surface area contributed by atoms with E-state index in [0.717, 1.165) is 25.7 Å². The lowest BCUT2D eigenvalue weighted by molar-refractivity contribution is 0.133. The van der Waals surface area contributed by atoms with Crippen LogP contribution in [-0.2, 0) is 6.42 Å². The Hall–Kier alpha value is -1.62. The van der Waals surface area contributed by atoms with Crippen molar-refractivity contribution < 1.29 is 14.3 Å². The molecule has 2 amide bonds. The number of urea groups is 1. The van der Waals surface area contributed by atoms with Crippen molar-refractivity contribution in [1.82, 2.24) is 10.2 Å². The van der Waals surface area contributed by atoms with Crippen molar-refractivity contribution >= 4 is 6.03 Å². The van der Waals surface area contributed by atoms with E-state index in [1.54, 1.807) is 23.1 Å². The number of nitrogens with one attached hydrogen (secondary N) is 1. The summed E-state index contributed by atoms with van der Waals surface area (Å²) in [4.78, 5) is 14.1. The molecule has 1 aromatic rings. The van der Waals surface area contributed by atoms with Crippen molar-refractivity contribution in [2.75, 3.05) is 13.7 Å². The zero-order valence-corrected chi connectivity index (χ0v) is 14.0. The van der Waals surface area contributed by atoms with Gasteiger partial charge in [-0.3, -0.25) is 0 Å². The summed E-state index contributed by atoms with van der Waals surface area (Å²) in [5.74, 6) is 0.145. The second-order valence-electron chi connectivity index (χ2n) is 6.61. The lowest BCUT2D eigenvalue weighted by Crippen LogP contribution is -2.48. The van der Waals surface area contributed by atoms with E-state index in [1.807, 2.05) is 14.0 Å². The highest BCUT2D eigenvalue weighted by Crippen LogP contribution is 2.26. The number of halogens is 1. The van der Waals surface area contributed by atoms with Gasteiger partial charge in [0.1, 0.15) is 5.82 Å². The fourth-order valence-corrected chi connectivity index (χ4v) is 3.24. The van der Waals surface area contributed by atoms with Crippen molar-refractivity contribution in [2.24, 2.45) is 5.92 Å². The molecule has 0 radical (unpaired) electrons. The highest BCUT2D eigenvalue weighted by atomic mass is 19.1. The number of hydrogen-bond acceptors (Lipinski definition) is 2. The Balaban J connectivity index is 1.82. The largest absolute Gasteiger partial charge is 0.396 e.